The number of amides is 2. The Kier molecular flexibility index (Phi) is 11.0. The molecule has 0 spiro atoms. The number of aliphatic hydroxyl groups excluding tert-OH is 1. The molecule has 8 nitrogen and oxygen atoms in total. The Morgan fingerprint density at radius 1 is 0.936 bits per heavy atom. The van der Waals surface area contributed by atoms with Crippen molar-refractivity contribution in [3.8, 4) is 5.75 Å². The maximum absolute atomic E-state index is 13.8. The Bertz CT molecular complexity index is 1640. The summed E-state index contributed by atoms with van der Waals surface area (Å²) >= 11 is 0. The maximum Gasteiger partial charge on any atom is 0.258 e. The summed E-state index contributed by atoms with van der Waals surface area (Å²) in [6, 6.07) is 31.6. The molecule has 4 aromatic rings. The fourth-order valence-electron chi connectivity index (χ4n) is 5.95. The maximum atomic E-state index is 13.8. The second-order valence-electron chi connectivity index (χ2n) is 12.8. The first-order chi connectivity index (χ1) is 22.6. The van der Waals surface area contributed by atoms with Gasteiger partial charge >= 0.3 is 0 Å². The van der Waals surface area contributed by atoms with E-state index in [2.05, 4.69) is 72.5 Å². The largest absolute Gasteiger partial charge is 0.486 e. The number of fused-ring (bicyclic) bond motifs is 1. The number of aryl methyl sites for hydroxylation is 1. The number of ether oxygens (including phenoxy) is 1. The highest BCUT2D eigenvalue weighted by Gasteiger charge is 2.34. The van der Waals surface area contributed by atoms with Crippen LogP contribution in [0.25, 0.3) is 0 Å². The van der Waals surface area contributed by atoms with Gasteiger partial charge in [0.1, 0.15) is 6.10 Å². The number of carbonyl (C=O) groups is 2. The monoisotopic (exact) mass is 634 g/mol. The van der Waals surface area contributed by atoms with Crippen LogP contribution in [0.15, 0.2) is 97.1 Å². The quantitative estimate of drug-likeness (QED) is 0.202. The van der Waals surface area contributed by atoms with Gasteiger partial charge < -0.3 is 25.0 Å². The lowest BCUT2D eigenvalue weighted by molar-refractivity contribution is -0.115. The predicted molar refractivity (Wildman–Crippen MR) is 188 cm³/mol. The average molecular weight is 635 g/mol. The van der Waals surface area contributed by atoms with Crippen LogP contribution in [0.2, 0.25) is 0 Å². The average Bonchev–Trinajstić information content (AvgIpc) is 3.07. The van der Waals surface area contributed by atoms with E-state index in [0.29, 0.717) is 36.6 Å². The van der Waals surface area contributed by atoms with Crippen molar-refractivity contribution in [3.63, 3.8) is 0 Å². The van der Waals surface area contributed by atoms with E-state index in [1.807, 2.05) is 56.3 Å². The summed E-state index contributed by atoms with van der Waals surface area (Å²) in [6.07, 6.45) is -0.0903. The summed E-state index contributed by atoms with van der Waals surface area (Å²) < 4.78 is 6.71. The van der Waals surface area contributed by atoms with Gasteiger partial charge in [0.25, 0.3) is 5.91 Å². The number of rotatable bonds is 11. The van der Waals surface area contributed by atoms with Crippen LogP contribution in [0.5, 0.6) is 5.75 Å². The van der Waals surface area contributed by atoms with E-state index in [9.17, 15) is 14.7 Å². The van der Waals surface area contributed by atoms with E-state index in [0.717, 1.165) is 22.5 Å². The molecule has 1 aliphatic rings. The first kappa shape index (κ1) is 33.7. The van der Waals surface area contributed by atoms with Gasteiger partial charge in [-0.2, -0.15) is 0 Å². The predicted octanol–water partition coefficient (Wildman–Crippen LogP) is 6.30. The number of para-hydroxylation sites is 2. The molecule has 2 amide bonds. The molecule has 0 saturated heterocycles. The van der Waals surface area contributed by atoms with E-state index in [-0.39, 0.29) is 42.9 Å². The molecule has 8 heteroatoms. The van der Waals surface area contributed by atoms with Crippen LogP contribution < -0.4 is 15.0 Å². The Morgan fingerprint density at radius 2 is 1.60 bits per heavy atom. The summed E-state index contributed by atoms with van der Waals surface area (Å²) in [6.45, 7) is 7.51. The summed E-state index contributed by atoms with van der Waals surface area (Å²) in [5.41, 5.74) is 6.27. The molecule has 0 saturated carbocycles. The summed E-state index contributed by atoms with van der Waals surface area (Å²) in [7, 11) is 4.13. The number of benzene rings is 4. The molecule has 0 bridgehead atoms. The number of anilines is 3. The third kappa shape index (κ3) is 8.39. The Balaban J connectivity index is 1.35. The van der Waals surface area contributed by atoms with Gasteiger partial charge in [-0.25, -0.2) is 0 Å². The third-order valence-electron chi connectivity index (χ3n) is 8.86. The van der Waals surface area contributed by atoms with Crippen molar-refractivity contribution in [2.45, 2.75) is 45.9 Å². The lowest BCUT2D eigenvalue weighted by Crippen LogP contribution is -2.49. The standard InChI is InChI=1S/C39H46N4O4/c1-27-14-16-30(17-15-27)22-37(45)40-35-13-9-12-34-38(35)47-36(28(2)23-43(39(34)46)29(3)26-44)25-41(4)24-31-18-20-33(21-19-31)42(5)32-10-7-6-8-11-32/h6-21,28-29,36,44H,22-26H2,1-5H3,(H,40,45)/t28-,29+,36-/m1/s1. The molecule has 2 N–H and O–H groups in total. The van der Waals surface area contributed by atoms with Crippen LogP contribution in [-0.2, 0) is 17.8 Å². The minimum absolute atomic E-state index is 0.0539. The van der Waals surface area contributed by atoms with Crippen molar-refractivity contribution < 1.29 is 19.4 Å². The van der Waals surface area contributed by atoms with E-state index in [4.69, 9.17) is 4.74 Å². The number of hydrogen-bond acceptors (Lipinski definition) is 6. The van der Waals surface area contributed by atoms with Gasteiger partial charge in [-0.05, 0) is 68.4 Å². The van der Waals surface area contributed by atoms with E-state index in [1.165, 1.54) is 5.56 Å². The Morgan fingerprint density at radius 3 is 2.28 bits per heavy atom. The number of nitrogens with one attached hydrogen (secondary N) is 1. The zero-order chi connectivity index (χ0) is 33.5. The molecule has 0 aromatic heterocycles. The van der Waals surface area contributed by atoms with Crippen LogP contribution in [-0.4, -0.2) is 72.7 Å². The smallest absolute Gasteiger partial charge is 0.258 e. The normalized spacial score (nSPS) is 16.9. The number of carbonyl (C=O) groups excluding carboxylic acids is 2. The lowest BCUT2D eigenvalue weighted by Gasteiger charge is -2.38. The van der Waals surface area contributed by atoms with Gasteiger partial charge in [0, 0.05) is 44.0 Å². The number of aliphatic hydroxyl groups is 1. The topological polar surface area (TPSA) is 85.3 Å². The highest BCUT2D eigenvalue weighted by Crippen LogP contribution is 2.35. The number of hydrogen-bond donors (Lipinski definition) is 2. The molecule has 246 valence electrons. The molecule has 3 atom stereocenters. The fourth-order valence-corrected chi connectivity index (χ4v) is 5.95. The molecule has 47 heavy (non-hydrogen) atoms. The van der Waals surface area contributed by atoms with Gasteiger partial charge in [0.2, 0.25) is 5.91 Å². The van der Waals surface area contributed by atoms with E-state index >= 15 is 0 Å². The molecule has 1 heterocycles. The van der Waals surface area contributed by atoms with Crippen molar-refractivity contribution in [2.75, 3.05) is 44.0 Å². The Hall–Kier alpha value is -4.66. The minimum Gasteiger partial charge on any atom is -0.486 e. The van der Waals surface area contributed by atoms with Crippen LogP contribution in [0.4, 0.5) is 17.1 Å². The van der Waals surface area contributed by atoms with E-state index < -0.39 is 0 Å². The first-order valence-corrected chi connectivity index (χ1v) is 16.3. The van der Waals surface area contributed by atoms with Crippen LogP contribution in [0, 0.1) is 12.8 Å². The van der Waals surface area contributed by atoms with Crippen molar-refractivity contribution in [2.24, 2.45) is 5.92 Å². The fraction of sp³-hybridized carbons (Fsp3) is 0.333. The van der Waals surface area contributed by atoms with Crippen LogP contribution >= 0.6 is 0 Å². The van der Waals surface area contributed by atoms with Crippen molar-refractivity contribution >= 4 is 28.9 Å². The molecule has 4 aromatic carbocycles. The molecule has 0 fully saturated rings. The van der Waals surface area contributed by atoms with Crippen molar-refractivity contribution in [1.82, 2.24) is 9.80 Å². The van der Waals surface area contributed by atoms with Gasteiger partial charge in [0.05, 0.1) is 30.3 Å². The first-order valence-electron chi connectivity index (χ1n) is 16.3. The molecule has 0 aliphatic carbocycles. The Labute approximate surface area is 278 Å². The second kappa shape index (κ2) is 15.3. The molecule has 0 radical (unpaired) electrons. The summed E-state index contributed by atoms with van der Waals surface area (Å²) in [5.74, 6) is -0.107. The van der Waals surface area contributed by atoms with Gasteiger partial charge in [-0.1, -0.05) is 73.2 Å². The minimum atomic E-state index is -0.374. The van der Waals surface area contributed by atoms with E-state index in [1.54, 1.807) is 23.1 Å². The SMILES string of the molecule is Cc1ccc(CC(=O)Nc2cccc3c2O[C@H](CN(C)Cc2ccc(N(C)c4ccccc4)cc2)[C@H](C)CN([C@@H](C)CO)C3=O)cc1. The molecule has 0 unspecified atom stereocenters. The molecular formula is C39H46N4O4. The number of nitrogens with zero attached hydrogens (tertiary/aromatic N) is 3. The summed E-state index contributed by atoms with van der Waals surface area (Å²) in [5, 5.41) is 13.0. The van der Waals surface area contributed by atoms with Crippen LogP contribution in [0.3, 0.4) is 0 Å². The third-order valence-corrected chi connectivity index (χ3v) is 8.86. The summed E-state index contributed by atoms with van der Waals surface area (Å²) in [4.78, 5) is 33.1. The zero-order valence-electron chi connectivity index (χ0n) is 28.0. The van der Waals surface area contributed by atoms with Gasteiger partial charge in [0.15, 0.2) is 5.75 Å². The zero-order valence-corrected chi connectivity index (χ0v) is 28.0. The van der Waals surface area contributed by atoms with Crippen molar-refractivity contribution in [3.05, 3.63) is 119 Å². The van der Waals surface area contributed by atoms with Crippen LogP contribution in [0.1, 0.15) is 40.9 Å². The molecule has 1 aliphatic heterocycles. The van der Waals surface area contributed by atoms with Gasteiger partial charge in [-0.15, -0.1) is 0 Å². The molecule has 5 rings (SSSR count). The highest BCUT2D eigenvalue weighted by molar-refractivity contribution is 6.02. The van der Waals surface area contributed by atoms with Crippen molar-refractivity contribution in [1.29, 1.82) is 0 Å². The van der Waals surface area contributed by atoms with Gasteiger partial charge in [-0.3, -0.25) is 14.5 Å². The molecular weight excluding hydrogens is 588 g/mol. The number of likely N-dealkylation sites (N-methyl/N-ethyl adjacent to an activating group) is 1. The second-order valence-corrected chi connectivity index (χ2v) is 12.8. The highest BCUT2D eigenvalue weighted by atomic mass is 16.5. The lowest BCUT2D eigenvalue weighted by atomic mass is 9.98.